The first kappa shape index (κ1) is 14.3. The van der Waals surface area contributed by atoms with E-state index in [4.69, 9.17) is 0 Å². The molecule has 4 heteroatoms. The van der Waals surface area contributed by atoms with Crippen molar-refractivity contribution in [2.75, 3.05) is 32.7 Å². The average molecular weight is 284 g/mol. The Morgan fingerprint density at radius 1 is 1.05 bits per heavy atom. The first-order valence-electron chi connectivity index (χ1n) is 7.89. The molecular weight excluding hydrogens is 260 g/mol. The Labute approximate surface area is 127 Å². The predicted octanol–water partition coefficient (Wildman–Crippen LogP) is 2.40. The molecule has 0 saturated carbocycles. The summed E-state index contributed by atoms with van der Waals surface area (Å²) in [6.07, 6.45) is 5.06. The molecule has 21 heavy (non-hydrogen) atoms. The van der Waals surface area contributed by atoms with Gasteiger partial charge in [0, 0.05) is 45.1 Å². The molecule has 1 aromatic carbocycles. The van der Waals surface area contributed by atoms with Crippen molar-refractivity contribution in [1.82, 2.24) is 19.6 Å². The van der Waals surface area contributed by atoms with Crippen LogP contribution in [0.15, 0.2) is 42.7 Å². The van der Waals surface area contributed by atoms with E-state index in [2.05, 4.69) is 46.1 Å². The highest BCUT2D eigenvalue weighted by Gasteiger charge is 2.16. The molecule has 0 radical (unpaired) electrons. The molecule has 0 aliphatic carbocycles. The molecule has 1 fully saturated rings. The van der Waals surface area contributed by atoms with E-state index in [1.807, 2.05) is 23.1 Å². The normalized spacial score (nSPS) is 17.2. The maximum Gasteiger partial charge on any atom is 0.0648 e. The molecule has 1 aliphatic heterocycles. The standard InChI is InChI=1S/C17H24N4/c1-2-8-19-10-12-20(13-11-19)15-16-5-3-6-17(14-16)21-9-4-7-18-21/h3-7,9,14H,2,8,10-13,15H2,1H3. The summed E-state index contributed by atoms with van der Waals surface area (Å²) in [6, 6.07) is 10.6. The number of aromatic nitrogens is 2. The quantitative estimate of drug-likeness (QED) is 0.842. The Morgan fingerprint density at radius 2 is 1.86 bits per heavy atom. The third kappa shape index (κ3) is 3.71. The average Bonchev–Trinajstić information content (AvgIpc) is 3.04. The van der Waals surface area contributed by atoms with Crippen molar-refractivity contribution in [3.8, 4) is 5.69 Å². The molecule has 2 aromatic rings. The van der Waals surface area contributed by atoms with E-state index in [0.717, 1.165) is 12.2 Å². The van der Waals surface area contributed by atoms with Crippen LogP contribution in [0.25, 0.3) is 5.69 Å². The molecule has 2 heterocycles. The van der Waals surface area contributed by atoms with Crippen LogP contribution in [0.2, 0.25) is 0 Å². The van der Waals surface area contributed by atoms with Crippen LogP contribution in [0, 0.1) is 0 Å². The lowest BCUT2D eigenvalue weighted by Gasteiger charge is -2.34. The van der Waals surface area contributed by atoms with Crippen LogP contribution in [0.4, 0.5) is 0 Å². The summed E-state index contributed by atoms with van der Waals surface area (Å²) in [7, 11) is 0. The van der Waals surface area contributed by atoms with Gasteiger partial charge in [-0.3, -0.25) is 4.90 Å². The number of nitrogens with zero attached hydrogens (tertiary/aromatic N) is 4. The van der Waals surface area contributed by atoms with Crippen molar-refractivity contribution < 1.29 is 0 Å². The molecule has 0 unspecified atom stereocenters. The SMILES string of the molecule is CCCN1CCN(Cc2cccc(-n3cccn3)c2)CC1. The van der Waals surface area contributed by atoms with Gasteiger partial charge in [0.05, 0.1) is 5.69 Å². The van der Waals surface area contributed by atoms with Crippen molar-refractivity contribution in [2.24, 2.45) is 0 Å². The van der Waals surface area contributed by atoms with Gasteiger partial charge in [0.2, 0.25) is 0 Å². The van der Waals surface area contributed by atoms with E-state index in [1.54, 1.807) is 0 Å². The minimum atomic E-state index is 1.04. The minimum absolute atomic E-state index is 1.04. The van der Waals surface area contributed by atoms with Gasteiger partial charge in [0.15, 0.2) is 0 Å². The van der Waals surface area contributed by atoms with E-state index in [0.29, 0.717) is 0 Å². The molecule has 0 spiro atoms. The van der Waals surface area contributed by atoms with E-state index < -0.39 is 0 Å². The summed E-state index contributed by atoms with van der Waals surface area (Å²) in [5.74, 6) is 0. The monoisotopic (exact) mass is 284 g/mol. The van der Waals surface area contributed by atoms with Gasteiger partial charge in [-0.05, 0) is 36.7 Å². The minimum Gasteiger partial charge on any atom is -0.301 e. The lowest BCUT2D eigenvalue weighted by Crippen LogP contribution is -2.45. The largest absolute Gasteiger partial charge is 0.301 e. The number of rotatable bonds is 5. The second-order valence-electron chi connectivity index (χ2n) is 5.74. The van der Waals surface area contributed by atoms with Gasteiger partial charge < -0.3 is 4.90 Å². The summed E-state index contributed by atoms with van der Waals surface area (Å²) < 4.78 is 1.92. The van der Waals surface area contributed by atoms with Crippen molar-refractivity contribution >= 4 is 0 Å². The number of hydrogen-bond acceptors (Lipinski definition) is 3. The number of piperazine rings is 1. The molecule has 1 aliphatic rings. The lowest BCUT2D eigenvalue weighted by molar-refractivity contribution is 0.127. The Balaban J connectivity index is 1.60. The van der Waals surface area contributed by atoms with Gasteiger partial charge >= 0.3 is 0 Å². The number of hydrogen-bond donors (Lipinski definition) is 0. The molecule has 0 bridgehead atoms. The Morgan fingerprint density at radius 3 is 2.57 bits per heavy atom. The Hall–Kier alpha value is -1.65. The summed E-state index contributed by atoms with van der Waals surface area (Å²) >= 11 is 0. The zero-order valence-corrected chi connectivity index (χ0v) is 12.8. The van der Waals surface area contributed by atoms with Gasteiger partial charge in [-0.25, -0.2) is 4.68 Å². The van der Waals surface area contributed by atoms with Crippen LogP contribution in [0.1, 0.15) is 18.9 Å². The highest BCUT2D eigenvalue weighted by atomic mass is 15.3. The van der Waals surface area contributed by atoms with Crippen LogP contribution in [-0.4, -0.2) is 52.3 Å². The third-order valence-corrected chi connectivity index (χ3v) is 4.09. The Kier molecular flexibility index (Phi) is 4.68. The molecule has 112 valence electrons. The van der Waals surface area contributed by atoms with Gasteiger partial charge in [-0.2, -0.15) is 5.10 Å². The van der Waals surface area contributed by atoms with Gasteiger partial charge in [-0.1, -0.05) is 19.1 Å². The first-order valence-corrected chi connectivity index (χ1v) is 7.89. The summed E-state index contributed by atoms with van der Waals surface area (Å²) in [5, 5.41) is 4.30. The molecular formula is C17H24N4. The van der Waals surface area contributed by atoms with Crippen LogP contribution in [-0.2, 0) is 6.54 Å². The zero-order valence-electron chi connectivity index (χ0n) is 12.8. The van der Waals surface area contributed by atoms with Gasteiger partial charge in [-0.15, -0.1) is 0 Å². The summed E-state index contributed by atoms with van der Waals surface area (Å²) in [4.78, 5) is 5.12. The smallest absolute Gasteiger partial charge is 0.0648 e. The highest BCUT2D eigenvalue weighted by Crippen LogP contribution is 2.13. The summed E-state index contributed by atoms with van der Waals surface area (Å²) in [6.45, 7) is 9.28. The predicted molar refractivity (Wildman–Crippen MR) is 85.6 cm³/mol. The van der Waals surface area contributed by atoms with E-state index in [-0.39, 0.29) is 0 Å². The van der Waals surface area contributed by atoms with E-state index >= 15 is 0 Å². The van der Waals surface area contributed by atoms with Crippen LogP contribution in [0.3, 0.4) is 0 Å². The van der Waals surface area contributed by atoms with E-state index in [9.17, 15) is 0 Å². The lowest BCUT2D eigenvalue weighted by atomic mass is 10.1. The second-order valence-corrected chi connectivity index (χ2v) is 5.74. The van der Waals surface area contributed by atoms with Crippen molar-refractivity contribution in [3.63, 3.8) is 0 Å². The van der Waals surface area contributed by atoms with Crippen molar-refractivity contribution in [1.29, 1.82) is 0 Å². The third-order valence-electron chi connectivity index (χ3n) is 4.09. The molecule has 4 nitrogen and oxygen atoms in total. The van der Waals surface area contributed by atoms with Crippen LogP contribution >= 0.6 is 0 Å². The molecule has 3 rings (SSSR count). The topological polar surface area (TPSA) is 24.3 Å². The zero-order chi connectivity index (χ0) is 14.5. The molecule has 0 atom stereocenters. The van der Waals surface area contributed by atoms with E-state index in [1.165, 1.54) is 44.7 Å². The number of benzene rings is 1. The highest BCUT2D eigenvalue weighted by molar-refractivity contribution is 5.35. The second kappa shape index (κ2) is 6.87. The Bertz CT molecular complexity index is 542. The van der Waals surface area contributed by atoms with Crippen molar-refractivity contribution in [3.05, 3.63) is 48.3 Å². The molecule has 1 aromatic heterocycles. The van der Waals surface area contributed by atoms with Crippen LogP contribution < -0.4 is 0 Å². The maximum absolute atomic E-state index is 4.30. The van der Waals surface area contributed by atoms with Crippen LogP contribution in [0.5, 0.6) is 0 Å². The first-order chi connectivity index (χ1) is 10.3. The van der Waals surface area contributed by atoms with Crippen molar-refractivity contribution in [2.45, 2.75) is 19.9 Å². The molecule has 1 saturated heterocycles. The fourth-order valence-corrected chi connectivity index (χ4v) is 2.96. The summed E-state index contributed by atoms with van der Waals surface area (Å²) in [5.41, 5.74) is 2.51. The molecule has 0 N–H and O–H groups in total. The molecule has 0 amide bonds. The maximum atomic E-state index is 4.30. The fraction of sp³-hybridized carbons (Fsp3) is 0.471. The van der Waals surface area contributed by atoms with Gasteiger partial charge in [0.1, 0.15) is 0 Å². The van der Waals surface area contributed by atoms with Gasteiger partial charge in [0.25, 0.3) is 0 Å². The fourth-order valence-electron chi connectivity index (χ4n) is 2.96.